The number of nitrogens with one attached hydrogen (secondary N) is 2. The smallest absolute Gasteiger partial charge is 0.344 e. The number of urea groups is 1. The van der Waals surface area contributed by atoms with Crippen molar-refractivity contribution in [1.82, 2.24) is 9.47 Å². The van der Waals surface area contributed by atoms with Gasteiger partial charge >= 0.3 is 12.0 Å². The molecule has 212 valence electrons. The standard InChI is InChI=1S/C32H34N4O4S/c1-3-39-29(37)20-40-24-16-14-23(15-17-24)34-32(38)36-19-26-25-7-4-5-9-28(25)41-31(26)35-18-6-8-27(35)30(36)21-10-12-22(33-2)13-11-21/h6,8,10-18,30,33H,3-5,7,9,19-20H2,1-2H3,(H,34,38). The Morgan fingerprint density at radius 3 is 2.49 bits per heavy atom. The highest BCUT2D eigenvalue weighted by Gasteiger charge is 2.36. The van der Waals surface area contributed by atoms with Crippen LogP contribution in [0.5, 0.6) is 5.75 Å². The van der Waals surface area contributed by atoms with Crippen molar-refractivity contribution in [3.05, 3.63) is 94.1 Å². The van der Waals surface area contributed by atoms with Gasteiger partial charge in [0.2, 0.25) is 0 Å². The molecule has 41 heavy (non-hydrogen) atoms. The number of amides is 2. The predicted octanol–water partition coefficient (Wildman–Crippen LogP) is 6.54. The van der Waals surface area contributed by atoms with Crippen molar-refractivity contribution in [1.29, 1.82) is 0 Å². The Bertz CT molecular complexity index is 1540. The summed E-state index contributed by atoms with van der Waals surface area (Å²) in [5, 5.41) is 7.54. The van der Waals surface area contributed by atoms with Crippen LogP contribution in [0.15, 0.2) is 66.9 Å². The van der Waals surface area contributed by atoms with Gasteiger partial charge in [-0.2, -0.15) is 0 Å². The Labute approximate surface area is 243 Å². The summed E-state index contributed by atoms with van der Waals surface area (Å²) in [6.45, 7) is 2.43. The normalized spacial score (nSPS) is 15.7. The lowest BCUT2D eigenvalue weighted by Crippen LogP contribution is -2.38. The van der Waals surface area contributed by atoms with Crippen LogP contribution in [-0.2, 0) is 28.9 Å². The lowest BCUT2D eigenvalue weighted by Gasteiger charge is -2.31. The third-order valence-electron chi connectivity index (χ3n) is 7.72. The van der Waals surface area contributed by atoms with E-state index in [1.807, 2.05) is 23.3 Å². The Kier molecular flexibility index (Phi) is 7.69. The highest BCUT2D eigenvalue weighted by atomic mass is 32.1. The maximum absolute atomic E-state index is 14.1. The van der Waals surface area contributed by atoms with Crippen LogP contribution in [0, 0.1) is 0 Å². The minimum Gasteiger partial charge on any atom is -0.482 e. The molecule has 0 radical (unpaired) electrons. The molecule has 3 heterocycles. The number of rotatable bonds is 7. The molecule has 2 aromatic heterocycles. The molecule has 0 saturated carbocycles. The third-order valence-corrected chi connectivity index (χ3v) is 9.06. The third kappa shape index (κ3) is 5.41. The van der Waals surface area contributed by atoms with Gasteiger partial charge in [0.25, 0.3) is 0 Å². The second kappa shape index (κ2) is 11.7. The van der Waals surface area contributed by atoms with E-state index in [-0.39, 0.29) is 18.7 Å². The molecule has 2 aromatic carbocycles. The van der Waals surface area contributed by atoms with E-state index in [1.54, 1.807) is 31.2 Å². The second-order valence-corrected chi connectivity index (χ2v) is 11.3. The lowest BCUT2D eigenvalue weighted by molar-refractivity contribution is -0.145. The van der Waals surface area contributed by atoms with E-state index < -0.39 is 5.97 Å². The molecule has 0 saturated heterocycles. The maximum Gasteiger partial charge on any atom is 0.344 e. The van der Waals surface area contributed by atoms with Crippen LogP contribution in [0.2, 0.25) is 0 Å². The van der Waals surface area contributed by atoms with Crippen molar-refractivity contribution in [3.8, 4) is 10.8 Å². The molecular formula is C32H34N4O4S. The molecule has 0 fully saturated rings. The molecule has 1 aliphatic heterocycles. The average molecular weight is 571 g/mol. The van der Waals surface area contributed by atoms with Gasteiger partial charge in [-0.3, -0.25) is 0 Å². The van der Waals surface area contributed by atoms with E-state index in [2.05, 4.69) is 57.8 Å². The Morgan fingerprint density at radius 1 is 0.976 bits per heavy atom. The van der Waals surface area contributed by atoms with E-state index in [1.165, 1.54) is 33.8 Å². The highest BCUT2D eigenvalue weighted by molar-refractivity contribution is 7.15. The number of hydrogen-bond donors (Lipinski definition) is 2. The zero-order valence-corrected chi connectivity index (χ0v) is 24.1. The first-order valence-corrected chi connectivity index (χ1v) is 14.9. The summed E-state index contributed by atoms with van der Waals surface area (Å²) in [7, 11) is 1.90. The predicted molar refractivity (Wildman–Crippen MR) is 161 cm³/mol. The number of carbonyl (C=O) groups excluding carboxylic acids is 2. The van der Waals surface area contributed by atoms with Crippen molar-refractivity contribution in [2.45, 2.75) is 45.2 Å². The van der Waals surface area contributed by atoms with E-state index in [4.69, 9.17) is 9.47 Å². The zero-order valence-electron chi connectivity index (χ0n) is 23.3. The van der Waals surface area contributed by atoms with Crippen molar-refractivity contribution in [3.63, 3.8) is 0 Å². The van der Waals surface area contributed by atoms with Gasteiger partial charge in [-0.05, 0) is 92.3 Å². The van der Waals surface area contributed by atoms with Crippen LogP contribution in [0.25, 0.3) is 5.00 Å². The Hall–Kier alpha value is -4.24. The van der Waals surface area contributed by atoms with Gasteiger partial charge in [0.1, 0.15) is 10.8 Å². The van der Waals surface area contributed by atoms with Gasteiger partial charge in [0.15, 0.2) is 6.61 Å². The second-order valence-electron chi connectivity index (χ2n) is 10.2. The number of nitrogens with zero attached hydrogens (tertiary/aromatic N) is 2. The molecule has 0 spiro atoms. The van der Waals surface area contributed by atoms with E-state index >= 15 is 0 Å². The minimum absolute atomic E-state index is 0.158. The number of aryl methyl sites for hydroxylation is 1. The Morgan fingerprint density at radius 2 is 1.73 bits per heavy atom. The van der Waals surface area contributed by atoms with Crippen molar-refractivity contribution < 1.29 is 19.1 Å². The molecule has 1 unspecified atom stereocenters. The molecule has 6 rings (SSSR count). The molecular weight excluding hydrogens is 536 g/mol. The van der Waals surface area contributed by atoms with Gasteiger partial charge in [-0.25, -0.2) is 9.59 Å². The van der Waals surface area contributed by atoms with E-state index in [0.29, 0.717) is 24.6 Å². The number of benzene rings is 2. The first kappa shape index (κ1) is 27.0. The lowest BCUT2D eigenvalue weighted by atomic mass is 9.95. The van der Waals surface area contributed by atoms with Crippen molar-refractivity contribution in [2.24, 2.45) is 0 Å². The number of carbonyl (C=O) groups is 2. The summed E-state index contributed by atoms with van der Waals surface area (Å²) < 4.78 is 12.7. The van der Waals surface area contributed by atoms with Gasteiger partial charge in [0, 0.05) is 35.1 Å². The van der Waals surface area contributed by atoms with Gasteiger partial charge < -0.3 is 29.6 Å². The van der Waals surface area contributed by atoms with E-state index in [9.17, 15) is 9.59 Å². The summed E-state index contributed by atoms with van der Waals surface area (Å²) in [6, 6.07) is 19.1. The summed E-state index contributed by atoms with van der Waals surface area (Å²) in [5.41, 5.74) is 6.46. The number of fused-ring (bicyclic) bond motifs is 5. The quantitative estimate of drug-likeness (QED) is 0.247. The van der Waals surface area contributed by atoms with Crippen LogP contribution in [0.3, 0.4) is 0 Å². The number of anilines is 2. The van der Waals surface area contributed by atoms with Crippen molar-refractivity contribution in [2.75, 3.05) is 30.9 Å². The van der Waals surface area contributed by atoms with Gasteiger partial charge in [-0.15, -0.1) is 11.3 Å². The summed E-state index contributed by atoms with van der Waals surface area (Å²) in [4.78, 5) is 29.2. The summed E-state index contributed by atoms with van der Waals surface area (Å²) >= 11 is 1.88. The fraction of sp³-hybridized carbons (Fsp3) is 0.312. The zero-order chi connectivity index (χ0) is 28.3. The van der Waals surface area contributed by atoms with Crippen LogP contribution < -0.4 is 15.4 Å². The molecule has 2 N–H and O–H groups in total. The SMILES string of the molecule is CCOC(=O)COc1ccc(NC(=O)N2Cc3c(sc4c3CCCC4)-n3cccc3C2c2ccc(NC)cc2)cc1. The first-order chi connectivity index (χ1) is 20.1. The topological polar surface area (TPSA) is 84.8 Å². The maximum atomic E-state index is 14.1. The molecule has 8 nitrogen and oxygen atoms in total. The van der Waals surface area contributed by atoms with Crippen LogP contribution in [-0.4, -0.2) is 41.7 Å². The number of hydrogen-bond acceptors (Lipinski definition) is 6. The molecule has 2 aliphatic rings. The Balaban J connectivity index is 1.33. The van der Waals surface area contributed by atoms with Crippen LogP contribution >= 0.6 is 11.3 Å². The van der Waals surface area contributed by atoms with Gasteiger partial charge in [-0.1, -0.05) is 12.1 Å². The molecule has 1 atom stereocenters. The summed E-state index contributed by atoms with van der Waals surface area (Å²) in [6.07, 6.45) is 6.69. The van der Waals surface area contributed by atoms with Gasteiger partial charge in [0.05, 0.1) is 24.9 Å². The summed E-state index contributed by atoms with van der Waals surface area (Å²) in [5.74, 6) is 0.111. The molecule has 4 aromatic rings. The molecule has 2 amide bonds. The number of esters is 1. The van der Waals surface area contributed by atoms with Crippen LogP contribution in [0.1, 0.15) is 53.1 Å². The molecule has 1 aliphatic carbocycles. The monoisotopic (exact) mass is 570 g/mol. The van der Waals surface area contributed by atoms with E-state index in [0.717, 1.165) is 29.8 Å². The minimum atomic E-state index is -0.417. The van der Waals surface area contributed by atoms with Crippen molar-refractivity contribution >= 4 is 34.7 Å². The average Bonchev–Trinajstić information content (AvgIpc) is 3.59. The highest BCUT2D eigenvalue weighted by Crippen LogP contribution is 2.44. The molecule has 0 bridgehead atoms. The number of aromatic nitrogens is 1. The van der Waals surface area contributed by atoms with Crippen LogP contribution in [0.4, 0.5) is 16.2 Å². The molecule has 9 heteroatoms. The number of ether oxygens (including phenoxy) is 2. The fourth-order valence-corrected chi connectivity index (χ4v) is 7.15. The first-order valence-electron chi connectivity index (χ1n) is 14.1. The largest absolute Gasteiger partial charge is 0.482 e. The fourth-order valence-electron chi connectivity index (χ4n) is 5.74. The number of thiophene rings is 1.